The van der Waals surface area contributed by atoms with Gasteiger partial charge in [0.05, 0.1) is 10.8 Å². The fourth-order valence-corrected chi connectivity index (χ4v) is 5.62. The first-order chi connectivity index (χ1) is 16.1. The fourth-order valence-electron chi connectivity index (χ4n) is 4.55. The normalized spacial score (nSPS) is 15.9. The van der Waals surface area contributed by atoms with E-state index in [-0.39, 0.29) is 17.6 Å². The molecule has 0 aliphatic carbocycles. The molecule has 1 atom stereocenters. The van der Waals surface area contributed by atoms with Crippen molar-refractivity contribution in [2.24, 2.45) is 7.05 Å². The minimum absolute atomic E-state index is 0.0746. The topological polar surface area (TPSA) is 54.3 Å². The van der Waals surface area contributed by atoms with Crippen molar-refractivity contribution >= 4 is 40.2 Å². The van der Waals surface area contributed by atoms with Crippen LogP contribution in [0, 0.1) is 6.92 Å². The van der Waals surface area contributed by atoms with Crippen molar-refractivity contribution in [3.05, 3.63) is 95.6 Å². The van der Waals surface area contributed by atoms with Crippen molar-refractivity contribution in [2.75, 3.05) is 10.7 Å². The van der Waals surface area contributed by atoms with Gasteiger partial charge in [-0.2, -0.15) is 0 Å². The highest BCUT2D eigenvalue weighted by Gasteiger charge is 2.40. The summed E-state index contributed by atoms with van der Waals surface area (Å²) in [5.74, 6) is 0.0125. The smallest absolute Gasteiger partial charge is 0.248 e. The summed E-state index contributed by atoms with van der Waals surface area (Å²) in [6, 6.07) is 24.9. The molecule has 0 radical (unpaired) electrons. The molecule has 5 nitrogen and oxygen atoms in total. The number of anilines is 1. The maximum Gasteiger partial charge on any atom is 0.248 e. The van der Waals surface area contributed by atoms with Crippen LogP contribution in [0.15, 0.2) is 83.9 Å². The molecular weight excluding hydrogens is 430 g/mol. The summed E-state index contributed by atoms with van der Waals surface area (Å²) in [5.41, 5.74) is 4.68. The summed E-state index contributed by atoms with van der Waals surface area (Å²) in [6.07, 6.45) is 0. The molecule has 3 aromatic carbocycles. The lowest BCUT2D eigenvalue weighted by molar-refractivity contribution is -0.125. The highest BCUT2D eigenvalue weighted by molar-refractivity contribution is 8.00. The molecule has 1 aromatic heterocycles. The van der Waals surface area contributed by atoms with Crippen LogP contribution in [0.3, 0.4) is 0 Å². The van der Waals surface area contributed by atoms with E-state index in [0.717, 1.165) is 38.3 Å². The van der Waals surface area contributed by atoms with E-state index < -0.39 is 6.04 Å². The number of carbonyl (C=O) groups is 2. The number of fused-ring (bicyclic) bond motifs is 3. The number of carbonyl (C=O) groups excluding carboxylic acids is 2. The van der Waals surface area contributed by atoms with Crippen LogP contribution in [0.25, 0.3) is 10.9 Å². The molecule has 0 saturated carbocycles. The molecule has 0 unspecified atom stereocenters. The van der Waals surface area contributed by atoms with Gasteiger partial charge in [-0.25, -0.2) is 0 Å². The second-order valence-corrected chi connectivity index (χ2v) is 9.20. The number of aryl methyl sites for hydroxylation is 2. The Labute approximate surface area is 197 Å². The van der Waals surface area contributed by atoms with Gasteiger partial charge in [-0.15, -0.1) is 0 Å². The summed E-state index contributed by atoms with van der Waals surface area (Å²) in [5, 5.41) is 5.05. The van der Waals surface area contributed by atoms with Gasteiger partial charge in [-0.3, -0.25) is 14.5 Å². The maximum absolute atomic E-state index is 13.9. The van der Waals surface area contributed by atoms with Gasteiger partial charge in [0.1, 0.15) is 6.04 Å². The second-order valence-electron chi connectivity index (χ2n) is 8.24. The Bertz CT molecular complexity index is 1350. The number of hydrogen-bond donors (Lipinski definition) is 1. The molecule has 6 heteroatoms. The predicted molar refractivity (Wildman–Crippen MR) is 133 cm³/mol. The van der Waals surface area contributed by atoms with Crippen molar-refractivity contribution in [2.45, 2.75) is 24.5 Å². The maximum atomic E-state index is 13.9. The van der Waals surface area contributed by atoms with Gasteiger partial charge in [0, 0.05) is 35.7 Å². The number of hydrogen-bond acceptors (Lipinski definition) is 3. The third-order valence-electron chi connectivity index (χ3n) is 6.16. The first-order valence-corrected chi connectivity index (χ1v) is 11.9. The van der Waals surface area contributed by atoms with Crippen LogP contribution < -0.4 is 10.2 Å². The zero-order chi connectivity index (χ0) is 22.9. The van der Waals surface area contributed by atoms with E-state index in [1.165, 1.54) is 11.8 Å². The standard InChI is InChI=1S/C27H25N3O2S/c1-18-10-6-8-14-21(18)30-23(31)17-33-27-24(20-13-7-9-15-22(20)29(27)2)25(30)26(32)28-16-19-11-4-3-5-12-19/h3-15,25H,16-17H2,1-2H3,(H,28,32)/t25-/m1/s1. The Morgan fingerprint density at radius 3 is 2.48 bits per heavy atom. The lowest BCUT2D eigenvalue weighted by atomic mass is 10.0. The van der Waals surface area contributed by atoms with Gasteiger partial charge < -0.3 is 9.88 Å². The fraction of sp³-hybridized carbons (Fsp3) is 0.185. The molecule has 5 rings (SSSR count). The van der Waals surface area contributed by atoms with Crippen LogP contribution >= 0.6 is 11.8 Å². The largest absolute Gasteiger partial charge is 0.350 e. The molecule has 166 valence electrons. The van der Waals surface area contributed by atoms with Gasteiger partial charge in [0.2, 0.25) is 11.8 Å². The molecule has 1 aliphatic rings. The van der Waals surface area contributed by atoms with Crippen molar-refractivity contribution in [1.29, 1.82) is 0 Å². The molecule has 33 heavy (non-hydrogen) atoms. The summed E-state index contributed by atoms with van der Waals surface area (Å²) in [6.45, 7) is 2.38. The molecule has 0 bridgehead atoms. The molecule has 2 heterocycles. The molecule has 0 saturated heterocycles. The van der Waals surface area contributed by atoms with Crippen LogP contribution in [0.5, 0.6) is 0 Å². The van der Waals surface area contributed by atoms with Crippen molar-refractivity contribution in [3.63, 3.8) is 0 Å². The van der Waals surface area contributed by atoms with Gasteiger partial charge in [-0.1, -0.05) is 78.5 Å². The van der Waals surface area contributed by atoms with Crippen molar-refractivity contribution in [3.8, 4) is 0 Å². The SMILES string of the molecule is Cc1ccccc1N1C(=O)CSc2c(c3ccccc3n2C)[C@@H]1C(=O)NCc1ccccc1. The van der Waals surface area contributed by atoms with Gasteiger partial charge in [0.25, 0.3) is 0 Å². The zero-order valence-electron chi connectivity index (χ0n) is 18.6. The molecule has 1 aliphatic heterocycles. The highest BCUT2D eigenvalue weighted by Crippen LogP contribution is 2.43. The lowest BCUT2D eigenvalue weighted by Gasteiger charge is -2.31. The Balaban J connectivity index is 1.67. The van der Waals surface area contributed by atoms with E-state index in [4.69, 9.17) is 0 Å². The van der Waals surface area contributed by atoms with E-state index in [0.29, 0.717) is 6.54 Å². The van der Waals surface area contributed by atoms with Crippen molar-refractivity contribution < 1.29 is 9.59 Å². The molecular formula is C27H25N3O2S. The first kappa shape index (κ1) is 21.3. The quantitative estimate of drug-likeness (QED) is 0.472. The number of amides is 2. The summed E-state index contributed by atoms with van der Waals surface area (Å²) in [7, 11) is 2.00. The lowest BCUT2D eigenvalue weighted by Crippen LogP contribution is -2.44. The van der Waals surface area contributed by atoms with Gasteiger partial charge >= 0.3 is 0 Å². The molecule has 4 aromatic rings. The summed E-state index contributed by atoms with van der Waals surface area (Å²) >= 11 is 1.50. The Kier molecular flexibility index (Phi) is 5.68. The average Bonchev–Trinajstić information content (AvgIpc) is 3.02. The van der Waals surface area contributed by atoms with Crippen LogP contribution in [0.2, 0.25) is 0 Å². The summed E-state index contributed by atoms with van der Waals surface area (Å²) in [4.78, 5) is 29.0. The number of nitrogens with one attached hydrogen (secondary N) is 1. The predicted octanol–water partition coefficient (Wildman–Crippen LogP) is 4.98. The minimum Gasteiger partial charge on any atom is -0.350 e. The Hall–Kier alpha value is -3.51. The number of benzene rings is 3. The van der Waals surface area contributed by atoms with Gasteiger partial charge in [-0.05, 0) is 30.2 Å². The number of thioether (sulfide) groups is 1. The van der Waals surface area contributed by atoms with E-state index in [1.807, 2.05) is 86.8 Å². The molecule has 1 N–H and O–H groups in total. The van der Waals surface area contributed by atoms with Crippen LogP contribution in [-0.2, 0) is 23.2 Å². The van der Waals surface area contributed by atoms with E-state index in [9.17, 15) is 9.59 Å². The number of nitrogens with zero attached hydrogens (tertiary/aromatic N) is 2. The number of aromatic nitrogens is 1. The van der Waals surface area contributed by atoms with Gasteiger partial charge in [0.15, 0.2) is 0 Å². The zero-order valence-corrected chi connectivity index (χ0v) is 19.4. The number of rotatable bonds is 4. The highest BCUT2D eigenvalue weighted by atomic mass is 32.2. The van der Waals surface area contributed by atoms with Crippen LogP contribution in [0.1, 0.15) is 22.7 Å². The first-order valence-electron chi connectivity index (χ1n) is 11.0. The van der Waals surface area contributed by atoms with Crippen LogP contribution in [-0.4, -0.2) is 22.1 Å². The second kappa shape index (κ2) is 8.79. The molecule has 0 fully saturated rings. The third-order valence-corrected chi connectivity index (χ3v) is 7.31. The Morgan fingerprint density at radius 2 is 1.70 bits per heavy atom. The van der Waals surface area contributed by atoms with E-state index in [2.05, 4.69) is 16.0 Å². The average molecular weight is 456 g/mol. The van der Waals surface area contributed by atoms with E-state index >= 15 is 0 Å². The van der Waals surface area contributed by atoms with Crippen LogP contribution in [0.4, 0.5) is 5.69 Å². The van der Waals surface area contributed by atoms with Crippen molar-refractivity contribution in [1.82, 2.24) is 9.88 Å². The number of para-hydroxylation sites is 2. The monoisotopic (exact) mass is 455 g/mol. The third kappa shape index (κ3) is 3.80. The summed E-state index contributed by atoms with van der Waals surface area (Å²) < 4.78 is 2.10. The molecule has 0 spiro atoms. The minimum atomic E-state index is -0.765. The molecule has 2 amide bonds. The Morgan fingerprint density at radius 1 is 1.00 bits per heavy atom. The van der Waals surface area contributed by atoms with E-state index in [1.54, 1.807) is 4.90 Å².